The van der Waals surface area contributed by atoms with Crippen molar-refractivity contribution in [3.63, 3.8) is 0 Å². The Hall–Kier alpha value is -3.53. The van der Waals surface area contributed by atoms with Crippen molar-refractivity contribution in [1.29, 1.82) is 5.26 Å². The van der Waals surface area contributed by atoms with Crippen molar-refractivity contribution in [3.8, 4) is 6.07 Å². The summed E-state index contributed by atoms with van der Waals surface area (Å²) in [5.74, 6) is -0.299. The first-order chi connectivity index (χ1) is 11.0. The first-order valence-electron chi connectivity index (χ1n) is 6.61. The van der Waals surface area contributed by atoms with Crippen LogP contribution < -0.4 is 5.32 Å². The van der Waals surface area contributed by atoms with E-state index < -0.39 is 10.8 Å². The quantitative estimate of drug-likeness (QED) is 0.404. The molecule has 0 aliphatic carbocycles. The van der Waals surface area contributed by atoms with Crippen molar-refractivity contribution in [1.82, 2.24) is 4.98 Å². The van der Waals surface area contributed by atoms with Crippen LogP contribution >= 0.6 is 0 Å². The van der Waals surface area contributed by atoms with Crippen LogP contribution in [0.1, 0.15) is 11.3 Å². The van der Waals surface area contributed by atoms with E-state index >= 15 is 0 Å². The Morgan fingerprint density at radius 2 is 2.09 bits per heavy atom. The molecule has 0 saturated heterocycles. The minimum absolute atomic E-state index is 0.114. The Labute approximate surface area is 132 Å². The molecule has 114 valence electrons. The number of amides is 1. The summed E-state index contributed by atoms with van der Waals surface area (Å²) in [5, 5.41) is 22.4. The second-order valence-electron chi connectivity index (χ2n) is 4.64. The second-order valence-corrected chi connectivity index (χ2v) is 4.64. The molecule has 1 N–H and O–H groups in total. The lowest BCUT2D eigenvalue weighted by atomic mass is 10.1. The first-order valence-corrected chi connectivity index (χ1v) is 6.61. The number of nitro groups is 1. The van der Waals surface area contributed by atoms with Gasteiger partial charge in [0.15, 0.2) is 0 Å². The standard InChI is InChI=1S/C16H12N4O3/c1-11-4-2-7-15(18-11)19-16(21)13(10-17)8-12-5-3-6-14(9-12)20(22)23/h2-9H,1H3,(H,18,19,21)/b13-8+. The highest BCUT2D eigenvalue weighted by molar-refractivity contribution is 6.09. The van der Waals surface area contributed by atoms with Crippen molar-refractivity contribution in [2.45, 2.75) is 6.92 Å². The van der Waals surface area contributed by atoms with Crippen LogP contribution in [0.2, 0.25) is 0 Å². The highest BCUT2D eigenvalue weighted by atomic mass is 16.6. The minimum atomic E-state index is -0.628. The molecule has 7 heteroatoms. The summed E-state index contributed by atoms with van der Waals surface area (Å²) in [6, 6.07) is 12.6. The predicted octanol–water partition coefficient (Wildman–Crippen LogP) is 2.84. The van der Waals surface area contributed by atoms with Crippen LogP contribution in [0.3, 0.4) is 0 Å². The molecule has 0 unspecified atom stereocenters. The number of benzene rings is 1. The van der Waals surface area contributed by atoms with Crippen molar-refractivity contribution < 1.29 is 9.72 Å². The molecule has 0 bridgehead atoms. The van der Waals surface area contributed by atoms with Crippen molar-refractivity contribution in [3.05, 3.63) is 69.4 Å². The van der Waals surface area contributed by atoms with E-state index in [-0.39, 0.29) is 11.3 Å². The molecule has 2 rings (SSSR count). The van der Waals surface area contributed by atoms with Crippen LogP contribution in [0, 0.1) is 28.4 Å². The number of non-ortho nitro benzene ring substituents is 1. The second kappa shape index (κ2) is 6.95. The zero-order chi connectivity index (χ0) is 16.8. The van der Waals surface area contributed by atoms with E-state index in [0.717, 1.165) is 5.69 Å². The highest BCUT2D eigenvalue weighted by Gasteiger charge is 2.11. The maximum atomic E-state index is 12.1. The summed E-state index contributed by atoms with van der Waals surface area (Å²) >= 11 is 0. The topological polar surface area (TPSA) is 109 Å². The normalized spacial score (nSPS) is 10.7. The molecule has 1 heterocycles. The van der Waals surface area contributed by atoms with Gasteiger partial charge in [-0.3, -0.25) is 14.9 Å². The van der Waals surface area contributed by atoms with E-state index in [4.69, 9.17) is 5.26 Å². The van der Waals surface area contributed by atoms with Gasteiger partial charge >= 0.3 is 0 Å². The molecule has 1 amide bonds. The molecule has 0 spiro atoms. The van der Waals surface area contributed by atoms with Crippen LogP contribution in [0.4, 0.5) is 11.5 Å². The number of aryl methyl sites for hydroxylation is 1. The Bertz CT molecular complexity index is 837. The predicted molar refractivity (Wildman–Crippen MR) is 84.3 cm³/mol. The average molecular weight is 308 g/mol. The van der Waals surface area contributed by atoms with Gasteiger partial charge in [-0.2, -0.15) is 5.26 Å². The SMILES string of the molecule is Cc1cccc(NC(=O)/C(C#N)=C/c2cccc([N+](=O)[O-])c2)n1. The fraction of sp³-hybridized carbons (Fsp3) is 0.0625. The summed E-state index contributed by atoms with van der Waals surface area (Å²) in [7, 11) is 0. The fourth-order valence-electron chi connectivity index (χ4n) is 1.84. The lowest BCUT2D eigenvalue weighted by molar-refractivity contribution is -0.384. The van der Waals surface area contributed by atoms with E-state index in [1.165, 1.54) is 24.3 Å². The molecule has 0 aliphatic heterocycles. The third-order valence-electron chi connectivity index (χ3n) is 2.89. The molecule has 1 aromatic carbocycles. The van der Waals surface area contributed by atoms with Gasteiger partial charge in [-0.25, -0.2) is 4.98 Å². The number of nitriles is 1. The molecule has 23 heavy (non-hydrogen) atoms. The molecular formula is C16H12N4O3. The van der Waals surface area contributed by atoms with E-state index in [1.807, 2.05) is 0 Å². The van der Waals surface area contributed by atoms with Crippen molar-refractivity contribution in [2.24, 2.45) is 0 Å². The van der Waals surface area contributed by atoms with Gasteiger partial charge in [-0.05, 0) is 30.7 Å². The summed E-state index contributed by atoms with van der Waals surface area (Å²) in [6.07, 6.45) is 1.29. The molecule has 2 aromatic rings. The number of nitrogens with zero attached hydrogens (tertiary/aromatic N) is 3. The summed E-state index contributed by atoms with van der Waals surface area (Å²) < 4.78 is 0. The number of aromatic nitrogens is 1. The van der Waals surface area contributed by atoms with Crippen LogP contribution in [0.15, 0.2) is 48.0 Å². The van der Waals surface area contributed by atoms with Gasteiger partial charge in [0.25, 0.3) is 11.6 Å². The lowest BCUT2D eigenvalue weighted by Crippen LogP contribution is -2.14. The molecular weight excluding hydrogens is 296 g/mol. The lowest BCUT2D eigenvalue weighted by Gasteiger charge is -2.04. The van der Waals surface area contributed by atoms with Gasteiger partial charge < -0.3 is 5.32 Å². The number of anilines is 1. The number of carbonyl (C=O) groups excluding carboxylic acids is 1. The Balaban J connectivity index is 2.25. The number of rotatable bonds is 4. The Morgan fingerprint density at radius 1 is 1.35 bits per heavy atom. The van der Waals surface area contributed by atoms with Gasteiger partial charge in [0.1, 0.15) is 17.5 Å². The monoisotopic (exact) mass is 308 g/mol. The van der Waals surface area contributed by atoms with Crippen LogP contribution in [0.25, 0.3) is 6.08 Å². The number of nitrogens with one attached hydrogen (secondary N) is 1. The summed E-state index contributed by atoms with van der Waals surface area (Å²) in [5.41, 5.74) is 0.831. The van der Waals surface area contributed by atoms with Crippen LogP contribution in [-0.2, 0) is 4.79 Å². The maximum absolute atomic E-state index is 12.1. The van der Waals surface area contributed by atoms with Crippen LogP contribution in [0.5, 0.6) is 0 Å². The van der Waals surface area contributed by atoms with E-state index in [0.29, 0.717) is 11.4 Å². The van der Waals surface area contributed by atoms with Gasteiger partial charge in [-0.1, -0.05) is 18.2 Å². The zero-order valence-corrected chi connectivity index (χ0v) is 12.2. The minimum Gasteiger partial charge on any atom is -0.306 e. The number of pyridine rings is 1. The Kier molecular flexibility index (Phi) is 4.79. The Morgan fingerprint density at radius 3 is 2.74 bits per heavy atom. The number of carbonyl (C=O) groups is 1. The number of hydrogen-bond acceptors (Lipinski definition) is 5. The molecule has 1 aromatic heterocycles. The van der Waals surface area contributed by atoms with Crippen LogP contribution in [-0.4, -0.2) is 15.8 Å². The molecule has 0 saturated carbocycles. The third kappa shape index (κ3) is 4.22. The number of nitro benzene ring substituents is 1. The van der Waals surface area contributed by atoms with Crippen molar-refractivity contribution >= 4 is 23.5 Å². The smallest absolute Gasteiger partial charge is 0.270 e. The molecule has 7 nitrogen and oxygen atoms in total. The van der Waals surface area contributed by atoms with Gasteiger partial charge in [0.2, 0.25) is 0 Å². The molecule has 0 aliphatic rings. The highest BCUT2D eigenvalue weighted by Crippen LogP contribution is 2.16. The summed E-state index contributed by atoms with van der Waals surface area (Å²) in [6.45, 7) is 1.78. The van der Waals surface area contributed by atoms with Gasteiger partial charge in [0, 0.05) is 17.8 Å². The maximum Gasteiger partial charge on any atom is 0.270 e. The summed E-state index contributed by atoms with van der Waals surface area (Å²) in [4.78, 5) is 26.4. The first kappa shape index (κ1) is 15.9. The third-order valence-corrected chi connectivity index (χ3v) is 2.89. The fourth-order valence-corrected chi connectivity index (χ4v) is 1.84. The largest absolute Gasteiger partial charge is 0.306 e. The van der Waals surface area contributed by atoms with Gasteiger partial charge in [-0.15, -0.1) is 0 Å². The molecule has 0 atom stereocenters. The number of hydrogen-bond donors (Lipinski definition) is 1. The molecule has 0 fully saturated rings. The molecule has 0 radical (unpaired) electrons. The van der Waals surface area contributed by atoms with E-state index in [1.54, 1.807) is 37.3 Å². The van der Waals surface area contributed by atoms with Gasteiger partial charge in [0.05, 0.1) is 4.92 Å². The van der Waals surface area contributed by atoms with Crippen molar-refractivity contribution in [2.75, 3.05) is 5.32 Å². The van der Waals surface area contributed by atoms with E-state index in [2.05, 4.69) is 10.3 Å². The van der Waals surface area contributed by atoms with E-state index in [9.17, 15) is 14.9 Å². The zero-order valence-electron chi connectivity index (χ0n) is 12.2. The average Bonchev–Trinajstić information content (AvgIpc) is 2.52.